The van der Waals surface area contributed by atoms with Crippen molar-refractivity contribution in [3.05, 3.63) is 34.9 Å². The van der Waals surface area contributed by atoms with Crippen LogP contribution in [0.25, 0.3) is 0 Å². The van der Waals surface area contributed by atoms with E-state index in [1.54, 1.807) is 7.11 Å². The molecule has 17 heavy (non-hydrogen) atoms. The van der Waals surface area contributed by atoms with Gasteiger partial charge in [-0.3, -0.25) is 11.3 Å². The van der Waals surface area contributed by atoms with E-state index in [2.05, 4.69) is 19.3 Å². The fourth-order valence-electron chi connectivity index (χ4n) is 1.88. The highest BCUT2D eigenvalue weighted by Gasteiger charge is 2.31. The van der Waals surface area contributed by atoms with Crippen molar-refractivity contribution in [1.82, 2.24) is 5.43 Å². The first-order chi connectivity index (χ1) is 8.05. The molecule has 1 aromatic rings. The highest BCUT2D eigenvalue weighted by Crippen LogP contribution is 2.22. The lowest BCUT2D eigenvalue weighted by Gasteiger charge is -2.35. The Morgan fingerprint density at radius 1 is 1.53 bits per heavy atom. The largest absolute Gasteiger partial charge is 0.377 e. The van der Waals surface area contributed by atoms with E-state index in [1.807, 2.05) is 24.3 Å². The number of nitrogens with one attached hydrogen (secondary N) is 1. The summed E-state index contributed by atoms with van der Waals surface area (Å²) >= 11 is 5.97. The summed E-state index contributed by atoms with van der Waals surface area (Å²) < 4.78 is 5.57. The third-order valence-corrected chi connectivity index (χ3v) is 3.67. The zero-order valence-corrected chi connectivity index (χ0v) is 11.4. The second-order valence-corrected chi connectivity index (χ2v) is 4.86. The molecule has 1 rings (SSSR count). The van der Waals surface area contributed by atoms with Gasteiger partial charge in [0.25, 0.3) is 0 Å². The van der Waals surface area contributed by atoms with Gasteiger partial charge in [-0.05, 0) is 37.5 Å². The molecule has 0 amide bonds. The number of rotatable bonds is 6. The Balaban J connectivity index is 2.83. The molecule has 0 aliphatic heterocycles. The Bertz CT molecular complexity index is 353. The van der Waals surface area contributed by atoms with Crippen LogP contribution in [0.1, 0.15) is 25.8 Å². The minimum absolute atomic E-state index is 0.0518. The van der Waals surface area contributed by atoms with Crippen molar-refractivity contribution in [3.63, 3.8) is 0 Å². The van der Waals surface area contributed by atoms with Crippen LogP contribution in [-0.4, -0.2) is 18.8 Å². The molecule has 3 N–H and O–H groups in total. The van der Waals surface area contributed by atoms with Crippen molar-refractivity contribution in [1.29, 1.82) is 0 Å². The maximum absolute atomic E-state index is 5.97. The molecule has 4 heteroatoms. The summed E-state index contributed by atoms with van der Waals surface area (Å²) in [4.78, 5) is 0. The smallest absolute Gasteiger partial charge is 0.0817 e. The average molecular weight is 257 g/mol. The Morgan fingerprint density at radius 3 is 2.71 bits per heavy atom. The lowest BCUT2D eigenvalue weighted by molar-refractivity contribution is -0.0288. The molecule has 0 saturated heterocycles. The Hall–Kier alpha value is -0.610. The quantitative estimate of drug-likeness (QED) is 0.607. The Labute approximate surface area is 108 Å². The van der Waals surface area contributed by atoms with E-state index in [9.17, 15) is 0 Å². The monoisotopic (exact) mass is 256 g/mol. The van der Waals surface area contributed by atoms with Crippen molar-refractivity contribution >= 4 is 11.6 Å². The topological polar surface area (TPSA) is 47.3 Å². The van der Waals surface area contributed by atoms with Crippen LogP contribution in [0.15, 0.2) is 24.3 Å². The maximum atomic E-state index is 5.97. The van der Waals surface area contributed by atoms with Crippen LogP contribution < -0.4 is 11.3 Å². The fraction of sp³-hybridized carbons (Fsp3) is 0.538. The number of hydrogen-bond acceptors (Lipinski definition) is 3. The predicted octanol–water partition coefficient (Wildman–Crippen LogP) is 2.53. The van der Waals surface area contributed by atoms with Crippen molar-refractivity contribution in [2.75, 3.05) is 7.11 Å². The number of halogens is 1. The molecule has 96 valence electrons. The van der Waals surface area contributed by atoms with Gasteiger partial charge in [0.1, 0.15) is 0 Å². The van der Waals surface area contributed by atoms with E-state index in [1.165, 1.54) is 0 Å². The Kier molecular flexibility index (Phi) is 5.40. The molecule has 3 nitrogen and oxygen atoms in total. The summed E-state index contributed by atoms with van der Waals surface area (Å²) in [6, 6.07) is 7.86. The summed E-state index contributed by atoms with van der Waals surface area (Å²) in [6.45, 7) is 4.15. The minimum Gasteiger partial charge on any atom is -0.377 e. The van der Waals surface area contributed by atoms with Gasteiger partial charge in [-0.2, -0.15) is 0 Å². The van der Waals surface area contributed by atoms with Gasteiger partial charge in [-0.15, -0.1) is 0 Å². The zero-order chi connectivity index (χ0) is 12.9. The molecule has 0 aliphatic carbocycles. The van der Waals surface area contributed by atoms with Gasteiger partial charge >= 0.3 is 0 Å². The summed E-state index contributed by atoms with van der Waals surface area (Å²) in [7, 11) is 1.71. The molecule has 2 unspecified atom stereocenters. The number of ether oxygens (including phenoxy) is 1. The first kappa shape index (κ1) is 14.5. The normalized spacial score (nSPS) is 16.5. The molecule has 2 atom stereocenters. The fourth-order valence-corrected chi connectivity index (χ4v) is 2.10. The summed E-state index contributed by atoms with van der Waals surface area (Å²) in [6.07, 6.45) is 1.67. The van der Waals surface area contributed by atoms with Gasteiger partial charge in [0.2, 0.25) is 0 Å². The lowest BCUT2D eigenvalue weighted by atomic mass is 9.89. The predicted molar refractivity (Wildman–Crippen MR) is 72.0 cm³/mol. The summed E-state index contributed by atoms with van der Waals surface area (Å²) in [5.41, 5.74) is 3.71. The standard InChI is InChI=1S/C13H21ClN2O/c1-4-13(2,17-3)12(16-15)9-10-6-5-7-11(14)8-10/h5-8,12,16H,4,9,15H2,1-3H3. The van der Waals surface area contributed by atoms with E-state index >= 15 is 0 Å². The van der Waals surface area contributed by atoms with Gasteiger partial charge in [0.15, 0.2) is 0 Å². The van der Waals surface area contributed by atoms with Crippen LogP contribution in [0.5, 0.6) is 0 Å². The lowest BCUT2D eigenvalue weighted by Crippen LogP contribution is -2.53. The van der Waals surface area contributed by atoms with Gasteiger partial charge in [0, 0.05) is 12.1 Å². The number of nitrogens with two attached hydrogens (primary N) is 1. The summed E-state index contributed by atoms with van der Waals surface area (Å²) in [5.74, 6) is 5.63. The third kappa shape index (κ3) is 3.68. The van der Waals surface area contributed by atoms with Crippen LogP contribution in [0, 0.1) is 0 Å². The first-order valence-corrected chi connectivity index (χ1v) is 6.19. The number of benzene rings is 1. The molecule has 0 aliphatic rings. The van der Waals surface area contributed by atoms with E-state index in [-0.39, 0.29) is 11.6 Å². The van der Waals surface area contributed by atoms with Crippen LogP contribution in [0.3, 0.4) is 0 Å². The number of hydrogen-bond donors (Lipinski definition) is 2. The molecule has 0 fully saturated rings. The van der Waals surface area contributed by atoms with Crippen molar-refractivity contribution in [3.8, 4) is 0 Å². The average Bonchev–Trinajstić information content (AvgIpc) is 2.35. The molecule has 0 bridgehead atoms. The molecule has 1 aromatic carbocycles. The Morgan fingerprint density at radius 2 is 2.24 bits per heavy atom. The second-order valence-electron chi connectivity index (χ2n) is 4.42. The van der Waals surface area contributed by atoms with Crippen LogP contribution in [0.4, 0.5) is 0 Å². The van der Waals surface area contributed by atoms with E-state index in [0.717, 1.165) is 23.4 Å². The van der Waals surface area contributed by atoms with Crippen LogP contribution in [-0.2, 0) is 11.2 Å². The minimum atomic E-state index is -0.281. The van der Waals surface area contributed by atoms with Gasteiger partial charge < -0.3 is 4.74 Å². The molecule has 0 radical (unpaired) electrons. The van der Waals surface area contributed by atoms with Gasteiger partial charge in [-0.1, -0.05) is 30.7 Å². The number of methoxy groups -OCH3 is 1. The molecule has 0 spiro atoms. The van der Waals surface area contributed by atoms with E-state index in [4.69, 9.17) is 22.2 Å². The van der Waals surface area contributed by atoms with E-state index < -0.39 is 0 Å². The maximum Gasteiger partial charge on any atom is 0.0817 e. The first-order valence-electron chi connectivity index (χ1n) is 5.81. The highest BCUT2D eigenvalue weighted by atomic mass is 35.5. The number of hydrazine groups is 1. The van der Waals surface area contributed by atoms with Crippen molar-refractivity contribution in [2.45, 2.75) is 38.3 Å². The molecule has 0 heterocycles. The second kappa shape index (κ2) is 6.36. The van der Waals surface area contributed by atoms with Crippen LogP contribution >= 0.6 is 11.6 Å². The molecule has 0 aromatic heterocycles. The zero-order valence-electron chi connectivity index (χ0n) is 10.7. The van der Waals surface area contributed by atoms with Gasteiger partial charge in [-0.25, -0.2) is 0 Å². The molecule has 0 saturated carbocycles. The van der Waals surface area contributed by atoms with Crippen molar-refractivity contribution in [2.24, 2.45) is 5.84 Å². The molecular formula is C13H21ClN2O. The third-order valence-electron chi connectivity index (χ3n) is 3.44. The molecular weight excluding hydrogens is 236 g/mol. The summed E-state index contributed by atoms with van der Waals surface area (Å²) in [5, 5.41) is 0.744. The SMILES string of the molecule is CCC(C)(OC)C(Cc1cccc(Cl)c1)NN. The van der Waals surface area contributed by atoms with Crippen molar-refractivity contribution < 1.29 is 4.74 Å². The van der Waals surface area contributed by atoms with Gasteiger partial charge in [0.05, 0.1) is 11.6 Å². The highest BCUT2D eigenvalue weighted by molar-refractivity contribution is 6.30. The van der Waals surface area contributed by atoms with Crippen LogP contribution in [0.2, 0.25) is 5.02 Å². The van der Waals surface area contributed by atoms with E-state index in [0.29, 0.717) is 0 Å².